The average Bonchev–Trinajstić information content (AvgIpc) is 3.36. The van der Waals surface area contributed by atoms with E-state index in [-0.39, 0.29) is 6.61 Å². The van der Waals surface area contributed by atoms with Crippen molar-refractivity contribution in [1.29, 1.82) is 0 Å². The molecule has 0 saturated carbocycles. The van der Waals surface area contributed by atoms with Gasteiger partial charge in [0.1, 0.15) is 12.1 Å². The van der Waals surface area contributed by atoms with Gasteiger partial charge in [0.15, 0.2) is 23.7 Å². The summed E-state index contributed by atoms with van der Waals surface area (Å²) in [7, 11) is 1.66. The molecular weight excluding hydrogens is 440 g/mol. The Bertz CT molecular complexity index is 1500. The first-order valence-electron chi connectivity index (χ1n) is 10.3. The molecule has 0 radical (unpaired) electrons. The first-order chi connectivity index (χ1) is 16.1. The highest BCUT2D eigenvalue weighted by molar-refractivity contribution is 6.33. The number of ether oxygens (including phenoxy) is 1. The second-order valence-corrected chi connectivity index (χ2v) is 7.92. The molecule has 33 heavy (non-hydrogen) atoms. The van der Waals surface area contributed by atoms with Crippen LogP contribution in [-0.2, 0) is 11.4 Å². The van der Waals surface area contributed by atoms with Crippen molar-refractivity contribution in [2.24, 2.45) is 5.16 Å². The van der Waals surface area contributed by atoms with Gasteiger partial charge in [-0.05, 0) is 37.6 Å². The predicted molar refractivity (Wildman–Crippen MR) is 127 cm³/mol. The molecular formula is C24H21ClN6O2. The lowest BCUT2D eigenvalue weighted by Crippen LogP contribution is -1.99. The Hall–Kier alpha value is -3.91. The zero-order valence-corrected chi connectivity index (χ0v) is 19.1. The summed E-state index contributed by atoms with van der Waals surface area (Å²) in [4.78, 5) is 14.8. The molecule has 0 atom stereocenters. The molecule has 166 valence electrons. The highest BCUT2D eigenvalue weighted by Gasteiger charge is 2.19. The van der Waals surface area contributed by atoms with E-state index in [1.54, 1.807) is 30.2 Å². The largest absolute Gasteiger partial charge is 0.497 e. The standard InChI is InChI=1S/C24H21ClN6O2/c1-15-16(2)31(18-8-6-9-19(11-18)32-3)23-22(15)24-28-21(29-30(24)14-26-23)13-33-27-12-17-7-4-5-10-20(17)25/h4-12,14H,13H2,1-3H3. The van der Waals surface area contributed by atoms with Crippen LogP contribution in [0.3, 0.4) is 0 Å². The Kier molecular flexibility index (Phi) is 5.43. The quantitative estimate of drug-likeness (QED) is 0.266. The molecule has 8 nitrogen and oxygen atoms in total. The van der Waals surface area contributed by atoms with Crippen LogP contribution in [0.15, 0.2) is 60.0 Å². The Morgan fingerprint density at radius 1 is 1.09 bits per heavy atom. The second-order valence-electron chi connectivity index (χ2n) is 7.52. The lowest BCUT2D eigenvalue weighted by atomic mass is 10.2. The van der Waals surface area contributed by atoms with Crippen LogP contribution in [0.5, 0.6) is 5.75 Å². The maximum Gasteiger partial charge on any atom is 0.192 e. The molecule has 0 unspecified atom stereocenters. The van der Waals surface area contributed by atoms with Crippen molar-refractivity contribution in [1.82, 2.24) is 24.1 Å². The number of rotatable bonds is 6. The van der Waals surface area contributed by atoms with Crippen LogP contribution >= 0.6 is 11.6 Å². The predicted octanol–water partition coefficient (Wildman–Crippen LogP) is 4.90. The van der Waals surface area contributed by atoms with Crippen molar-refractivity contribution in [3.63, 3.8) is 0 Å². The highest BCUT2D eigenvalue weighted by atomic mass is 35.5. The molecule has 0 aliphatic heterocycles. The summed E-state index contributed by atoms with van der Waals surface area (Å²) in [5, 5.41) is 10.0. The molecule has 0 aliphatic carbocycles. The van der Waals surface area contributed by atoms with Crippen LogP contribution in [0, 0.1) is 13.8 Å². The third kappa shape index (κ3) is 3.78. The van der Waals surface area contributed by atoms with Gasteiger partial charge < -0.3 is 9.57 Å². The van der Waals surface area contributed by atoms with E-state index in [1.165, 1.54) is 0 Å². The fourth-order valence-electron chi connectivity index (χ4n) is 3.80. The second kappa shape index (κ2) is 8.55. The number of oxime groups is 1. The Morgan fingerprint density at radius 3 is 2.76 bits per heavy atom. The van der Waals surface area contributed by atoms with E-state index in [1.807, 2.05) is 42.5 Å². The number of nitrogens with zero attached hydrogens (tertiary/aromatic N) is 6. The number of hydrogen-bond donors (Lipinski definition) is 0. The Balaban J connectivity index is 1.48. The molecule has 0 bridgehead atoms. The Morgan fingerprint density at radius 2 is 1.94 bits per heavy atom. The molecule has 3 heterocycles. The van der Waals surface area contributed by atoms with Crippen molar-refractivity contribution in [2.75, 3.05) is 7.11 Å². The minimum Gasteiger partial charge on any atom is -0.497 e. The summed E-state index contributed by atoms with van der Waals surface area (Å²) >= 11 is 6.13. The molecule has 0 saturated heterocycles. The van der Waals surface area contributed by atoms with E-state index in [4.69, 9.17) is 26.2 Å². The van der Waals surface area contributed by atoms with E-state index in [9.17, 15) is 0 Å². The summed E-state index contributed by atoms with van der Waals surface area (Å²) in [5.41, 5.74) is 5.43. The van der Waals surface area contributed by atoms with Gasteiger partial charge in [0.05, 0.1) is 24.4 Å². The summed E-state index contributed by atoms with van der Waals surface area (Å²) in [6, 6.07) is 15.3. The number of aromatic nitrogens is 5. The summed E-state index contributed by atoms with van der Waals surface area (Å²) < 4.78 is 9.17. The van der Waals surface area contributed by atoms with Crippen LogP contribution in [0.2, 0.25) is 5.02 Å². The van der Waals surface area contributed by atoms with Crippen LogP contribution in [0.1, 0.15) is 22.6 Å². The molecule has 5 rings (SSSR count). The number of aryl methyl sites for hydroxylation is 1. The first kappa shape index (κ1) is 21.0. The minimum absolute atomic E-state index is 0.124. The van der Waals surface area contributed by atoms with Crippen molar-refractivity contribution in [3.8, 4) is 11.4 Å². The zero-order valence-electron chi connectivity index (χ0n) is 18.4. The lowest BCUT2D eigenvalue weighted by Gasteiger charge is -2.09. The van der Waals surface area contributed by atoms with Gasteiger partial charge >= 0.3 is 0 Å². The third-order valence-electron chi connectivity index (χ3n) is 5.55. The molecule has 0 N–H and O–H groups in total. The average molecular weight is 461 g/mol. The molecule has 0 fully saturated rings. The molecule has 5 aromatic rings. The van der Waals surface area contributed by atoms with Crippen molar-refractivity contribution >= 4 is 34.5 Å². The third-order valence-corrected chi connectivity index (χ3v) is 5.90. The first-order valence-corrected chi connectivity index (χ1v) is 10.7. The van der Waals surface area contributed by atoms with E-state index < -0.39 is 0 Å². The lowest BCUT2D eigenvalue weighted by molar-refractivity contribution is 0.126. The van der Waals surface area contributed by atoms with Gasteiger partial charge in [0.2, 0.25) is 0 Å². The maximum absolute atomic E-state index is 6.13. The molecule has 2 aromatic carbocycles. The number of methoxy groups -OCH3 is 1. The van der Waals surface area contributed by atoms with E-state index in [2.05, 4.69) is 33.7 Å². The SMILES string of the molecule is COc1cccc(-n2c(C)c(C)c3c2ncn2nc(CON=Cc4ccccc4Cl)nc32)c1. The normalized spacial score (nSPS) is 11.6. The molecule has 0 spiro atoms. The van der Waals surface area contributed by atoms with E-state index in [0.717, 1.165) is 44.9 Å². The van der Waals surface area contributed by atoms with Crippen molar-refractivity contribution in [2.45, 2.75) is 20.5 Å². The zero-order chi connectivity index (χ0) is 22.9. The van der Waals surface area contributed by atoms with Gasteiger partial charge in [-0.3, -0.25) is 4.57 Å². The van der Waals surface area contributed by atoms with Crippen LogP contribution in [0.4, 0.5) is 0 Å². The van der Waals surface area contributed by atoms with E-state index in [0.29, 0.717) is 10.8 Å². The van der Waals surface area contributed by atoms with Gasteiger partial charge in [-0.25, -0.2) is 14.5 Å². The Labute approximate surface area is 195 Å². The summed E-state index contributed by atoms with van der Waals surface area (Å²) in [5.74, 6) is 1.29. The monoisotopic (exact) mass is 460 g/mol. The van der Waals surface area contributed by atoms with Gasteiger partial charge in [-0.1, -0.05) is 41.0 Å². The van der Waals surface area contributed by atoms with Gasteiger partial charge in [0, 0.05) is 22.3 Å². The summed E-state index contributed by atoms with van der Waals surface area (Å²) in [6.07, 6.45) is 3.23. The number of fused-ring (bicyclic) bond motifs is 3. The van der Waals surface area contributed by atoms with Crippen LogP contribution in [-0.4, -0.2) is 37.5 Å². The van der Waals surface area contributed by atoms with Gasteiger partial charge in [-0.15, -0.1) is 5.10 Å². The maximum atomic E-state index is 6.13. The minimum atomic E-state index is 0.124. The number of halogens is 1. The molecule has 0 amide bonds. The fourth-order valence-corrected chi connectivity index (χ4v) is 3.98. The van der Waals surface area contributed by atoms with Crippen LogP contribution in [0.25, 0.3) is 22.4 Å². The van der Waals surface area contributed by atoms with Gasteiger partial charge in [0.25, 0.3) is 0 Å². The van der Waals surface area contributed by atoms with Crippen molar-refractivity contribution < 1.29 is 9.57 Å². The van der Waals surface area contributed by atoms with Gasteiger partial charge in [-0.2, -0.15) is 0 Å². The summed E-state index contributed by atoms with van der Waals surface area (Å²) in [6.45, 7) is 4.25. The number of benzene rings is 2. The van der Waals surface area contributed by atoms with Crippen molar-refractivity contribution in [3.05, 3.63) is 82.5 Å². The molecule has 3 aromatic heterocycles. The molecule has 0 aliphatic rings. The van der Waals surface area contributed by atoms with Crippen LogP contribution < -0.4 is 4.74 Å². The fraction of sp³-hybridized carbons (Fsp3) is 0.167. The topological polar surface area (TPSA) is 78.8 Å². The van der Waals surface area contributed by atoms with E-state index >= 15 is 0 Å². The highest BCUT2D eigenvalue weighted by Crippen LogP contribution is 2.30. The number of hydrogen-bond acceptors (Lipinski definition) is 6. The smallest absolute Gasteiger partial charge is 0.192 e. The molecule has 9 heteroatoms.